The fourth-order valence-corrected chi connectivity index (χ4v) is 3.78. The van der Waals surface area contributed by atoms with Crippen molar-refractivity contribution in [2.24, 2.45) is 0 Å². The van der Waals surface area contributed by atoms with Crippen molar-refractivity contribution in [3.63, 3.8) is 0 Å². The third kappa shape index (κ3) is 3.16. The molecule has 2 bridgehead atoms. The summed E-state index contributed by atoms with van der Waals surface area (Å²) in [4.78, 5) is 15.3. The SMILES string of the molecule is O=C(NO)c1ccc(N2C[C@@H]3C[C@H]2CN3c2cccc(C(F)(F)F)c2)nn1. The number of anilines is 2. The summed E-state index contributed by atoms with van der Waals surface area (Å²) >= 11 is 0. The fourth-order valence-electron chi connectivity index (χ4n) is 3.78. The van der Waals surface area contributed by atoms with E-state index in [2.05, 4.69) is 10.2 Å². The van der Waals surface area contributed by atoms with Crippen LogP contribution in [0, 0.1) is 0 Å². The topological polar surface area (TPSA) is 81.6 Å². The summed E-state index contributed by atoms with van der Waals surface area (Å²) in [6, 6.07) is 8.69. The van der Waals surface area contributed by atoms with Crippen LogP contribution in [0.3, 0.4) is 0 Å². The minimum atomic E-state index is -4.36. The van der Waals surface area contributed by atoms with Crippen molar-refractivity contribution < 1.29 is 23.2 Å². The number of nitrogens with zero attached hydrogens (tertiary/aromatic N) is 4. The molecule has 1 aromatic carbocycles. The van der Waals surface area contributed by atoms with Crippen LogP contribution in [-0.4, -0.2) is 46.5 Å². The summed E-state index contributed by atoms with van der Waals surface area (Å²) in [6.45, 7) is 1.20. The molecule has 142 valence electrons. The van der Waals surface area contributed by atoms with Crippen molar-refractivity contribution in [2.45, 2.75) is 24.7 Å². The summed E-state index contributed by atoms with van der Waals surface area (Å²) in [5.74, 6) is -0.145. The molecule has 2 aliphatic heterocycles. The molecule has 2 N–H and O–H groups in total. The second-order valence-electron chi connectivity index (χ2n) is 6.61. The first kappa shape index (κ1) is 17.5. The lowest BCUT2D eigenvalue weighted by Gasteiger charge is -2.36. The van der Waals surface area contributed by atoms with Crippen molar-refractivity contribution in [1.82, 2.24) is 15.7 Å². The molecule has 0 radical (unpaired) electrons. The fraction of sp³-hybridized carbons (Fsp3) is 0.353. The Morgan fingerprint density at radius 3 is 2.44 bits per heavy atom. The second-order valence-corrected chi connectivity index (χ2v) is 6.61. The van der Waals surface area contributed by atoms with Gasteiger partial charge in [0.2, 0.25) is 0 Å². The Morgan fingerprint density at radius 2 is 1.85 bits per heavy atom. The van der Waals surface area contributed by atoms with Crippen LogP contribution in [0.2, 0.25) is 0 Å². The van der Waals surface area contributed by atoms with Crippen LogP contribution >= 0.6 is 0 Å². The summed E-state index contributed by atoms with van der Waals surface area (Å²) in [5.41, 5.74) is 1.41. The zero-order valence-electron chi connectivity index (χ0n) is 14.0. The Kier molecular flexibility index (Phi) is 4.14. The number of hydrogen-bond donors (Lipinski definition) is 2. The number of amides is 1. The molecular weight excluding hydrogens is 363 g/mol. The van der Waals surface area contributed by atoms with Crippen LogP contribution in [0.4, 0.5) is 24.7 Å². The van der Waals surface area contributed by atoms with Crippen molar-refractivity contribution in [3.8, 4) is 0 Å². The lowest BCUT2D eigenvalue weighted by molar-refractivity contribution is -0.137. The molecule has 0 unspecified atom stereocenters. The Hall–Kier alpha value is -2.88. The third-order valence-corrected chi connectivity index (χ3v) is 5.02. The van der Waals surface area contributed by atoms with E-state index in [1.807, 2.05) is 9.80 Å². The van der Waals surface area contributed by atoms with Gasteiger partial charge >= 0.3 is 6.18 Å². The highest BCUT2D eigenvalue weighted by Gasteiger charge is 2.44. The van der Waals surface area contributed by atoms with Gasteiger partial charge < -0.3 is 9.80 Å². The summed E-state index contributed by atoms with van der Waals surface area (Å²) in [6.07, 6.45) is -3.55. The normalized spacial score (nSPS) is 21.6. The van der Waals surface area contributed by atoms with Crippen molar-refractivity contribution in [3.05, 3.63) is 47.7 Å². The second kappa shape index (κ2) is 6.38. The number of alkyl halides is 3. The van der Waals surface area contributed by atoms with E-state index in [9.17, 15) is 18.0 Å². The monoisotopic (exact) mass is 379 g/mol. The minimum Gasteiger partial charge on any atom is -0.365 e. The number of halogens is 3. The van der Waals surface area contributed by atoms with Crippen molar-refractivity contribution in [2.75, 3.05) is 22.9 Å². The lowest BCUT2D eigenvalue weighted by Crippen LogP contribution is -2.47. The van der Waals surface area contributed by atoms with Crippen LogP contribution in [0.1, 0.15) is 22.5 Å². The number of piperazine rings is 1. The molecule has 10 heteroatoms. The zero-order valence-corrected chi connectivity index (χ0v) is 14.0. The lowest BCUT2D eigenvalue weighted by atomic mass is 10.1. The number of hydrogen-bond acceptors (Lipinski definition) is 6. The van der Waals surface area contributed by atoms with Gasteiger partial charge in [0.15, 0.2) is 11.5 Å². The van der Waals surface area contributed by atoms with E-state index in [1.165, 1.54) is 23.7 Å². The quantitative estimate of drug-likeness (QED) is 0.628. The Labute approximate surface area is 152 Å². The van der Waals surface area contributed by atoms with E-state index in [4.69, 9.17) is 5.21 Å². The number of rotatable bonds is 3. The predicted octanol–water partition coefficient (Wildman–Crippen LogP) is 2.08. The highest BCUT2D eigenvalue weighted by Crippen LogP contribution is 2.38. The van der Waals surface area contributed by atoms with Gasteiger partial charge in [-0.15, -0.1) is 10.2 Å². The molecule has 3 heterocycles. The van der Waals surface area contributed by atoms with E-state index >= 15 is 0 Å². The highest BCUT2D eigenvalue weighted by atomic mass is 19.4. The summed E-state index contributed by atoms with van der Waals surface area (Å²) in [5, 5.41) is 16.4. The van der Waals surface area contributed by atoms with E-state index in [-0.39, 0.29) is 17.8 Å². The number of carbonyl (C=O) groups is 1. The number of carbonyl (C=O) groups excluding carboxylic acids is 1. The molecule has 2 fully saturated rings. The van der Waals surface area contributed by atoms with E-state index < -0.39 is 17.6 Å². The first-order chi connectivity index (χ1) is 12.9. The molecular formula is C17H16F3N5O2. The molecule has 4 rings (SSSR count). The van der Waals surface area contributed by atoms with Gasteiger partial charge in [0.05, 0.1) is 11.6 Å². The van der Waals surface area contributed by atoms with Crippen LogP contribution in [-0.2, 0) is 6.18 Å². The van der Waals surface area contributed by atoms with Gasteiger partial charge in [-0.2, -0.15) is 13.2 Å². The first-order valence-corrected chi connectivity index (χ1v) is 8.35. The van der Waals surface area contributed by atoms with Crippen LogP contribution in [0.25, 0.3) is 0 Å². The molecule has 2 atom stereocenters. The zero-order chi connectivity index (χ0) is 19.2. The van der Waals surface area contributed by atoms with E-state index in [0.717, 1.165) is 12.5 Å². The van der Waals surface area contributed by atoms with Gasteiger partial charge in [-0.25, -0.2) is 5.48 Å². The van der Waals surface area contributed by atoms with Crippen LogP contribution < -0.4 is 15.3 Å². The Bertz CT molecular complexity index is 858. The highest BCUT2D eigenvalue weighted by molar-refractivity contribution is 5.91. The third-order valence-electron chi connectivity index (χ3n) is 5.02. The molecule has 27 heavy (non-hydrogen) atoms. The number of fused-ring (bicyclic) bond motifs is 2. The molecule has 0 aliphatic carbocycles. The number of nitrogens with one attached hydrogen (secondary N) is 1. The maximum Gasteiger partial charge on any atom is 0.416 e. The summed E-state index contributed by atoms with van der Waals surface area (Å²) in [7, 11) is 0. The number of aromatic nitrogens is 2. The standard InChI is InChI=1S/C17H16F3N5O2/c18-17(19,20)10-2-1-3-11(6-10)24-8-13-7-12(24)9-25(13)15-5-4-14(21-22-15)16(26)23-27/h1-6,12-13,27H,7-9H2,(H,23,26)/t12-,13-/m0/s1. The number of benzene rings is 1. The predicted molar refractivity (Wildman–Crippen MR) is 89.6 cm³/mol. The number of hydroxylamine groups is 1. The summed E-state index contributed by atoms with van der Waals surface area (Å²) < 4.78 is 38.9. The Balaban J connectivity index is 1.49. The molecule has 2 saturated heterocycles. The van der Waals surface area contributed by atoms with Gasteiger partial charge in [0, 0.05) is 24.8 Å². The van der Waals surface area contributed by atoms with Crippen LogP contribution in [0.5, 0.6) is 0 Å². The van der Waals surface area contributed by atoms with Crippen LogP contribution in [0.15, 0.2) is 36.4 Å². The Morgan fingerprint density at radius 1 is 1.11 bits per heavy atom. The molecule has 1 aromatic heterocycles. The van der Waals surface area contributed by atoms with Gasteiger partial charge in [-0.3, -0.25) is 10.0 Å². The largest absolute Gasteiger partial charge is 0.416 e. The van der Waals surface area contributed by atoms with Gasteiger partial charge in [-0.05, 0) is 36.8 Å². The molecule has 1 amide bonds. The average Bonchev–Trinajstić information content (AvgIpc) is 3.28. The van der Waals surface area contributed by atoms with E-state index in [0.29, 0.717) is 24.6 Å². The van der Waals surface area contributed by atoms with Crippen molar-refractivity contribution >= 4 is 17.4 Å². The maximum absolute atomic E-state index is 13.0. The first-order valence-electron chi connectivity index (χ1n) is 8.35. The minimum absolute atomic E-state index is 0.00352. The average molecular weight is 379 g/mol. The van der Waals surface area contributed by atoms with Gasteiger partial charge in [0.1, 0.15) is 0 Å². The maximum atomic E-state index is 13.0. The molecule has 7 nitrogen and oxygen atoms in total. The smallest absolute Gasteiger partial charge is 0.365 e. The van der Waals surface area contributed by atoms with Gasteiger partial charge in [0.25, 0.3) is 5.91 Å². The van der Waals surface area contributed by atoms with E-state index in [1.54, 1.807) is 12.1 Å². The van der Waals surface area contributed by atoms with Crippen molar-refractivity contribution in [1.29, 1.82) is 0 Å². The molecule has 0 spiro atoms. The van der Waals surface area contributed by atoms with Gasteiger partial charge in [-0.1, -0.05) is 6.07 Å². The molecule has 0 saturated carbocycles. The molecule has 2 aliphatic rings. The molecule has 2 aromatic rings.